The zero-order valence-corrected chi connectivity index (χ0v) is 29.8. The Bertz CT molecular complexity index is 1020. The minimum atomic E-state index is -0.655. The summed E-state index contributed by atoms with van der Waals surface area (Å²) in [5, 5.41) is 21.9. The SMILES string of the molecule is CC(C)CCC[C@@H](C)[C@H]1CC[C@@H]2C3CC=C4C[C@@H](OC(=O)NCCCCCCO[C@@H]5C[C@H](O)[C@@H](CO)O5)CC[C@]4(C)[C@@H]3CC[C@@]21C. The minimum Gasteiger partial charge on any atom is -0.446 e. The Kier molecular flexibility index (Phi) is 12.6. The maximum absolute atomic E-state index is 12.7. The van der Waals surface area contributed by atoms with Gasteiger partial charge in [-0.05, 0) is 104 Å². The fraction of sp³-hybridized carbons (Fsp3) is 0.923. The van der Waals surface area contributed by atoms with Gasteiger partial charge in [0.1, 0.15) is 12.2 Å². The Morgan fingerprint density at radius 2 is 1.83 bits per heavy atom. The molecule has 3 saturated carbocycles. The molecule has 7 nitrogen and oxygen atoms in total. The van der Waals surface area contributed by atoms with Gasteiger partial charge in [0.15, 0.2) is 6.29 Å². The highest BCUT2D eigenvalue weighted by atomic mass is 16.7. The molecule has 3 N–H and O–H groups in total. The second-order valence-electron chi connectivity index (χ2n) is 16.9. The van der Waals surface area contributed by atoms with Gasteiger partial charge in [0.25, 0.3) is 0 Å². The molecule has 1 aliphatic heterocycles. The molecular weight excluding hydrogens is 578 g/mol. The molecule has 1 unspecified atom stereocenters. The number of hydrogen-bond acceptors (Lipinski definition) is 6. The monoisotopic (exact) mass is 645 g/mol. The third kappa shape index (κ3) is 8.17. The second kappa shape index (κ2) is 16.0. The van der Waals surface area contributed by atoms with E-state index >= 15 is 0 Å². The van der Waals surface area contributed by atoms with Gasteiger partial charge in [-0.3, -0.25) is 0 Å². The predicted molar refractivity (Wildman–Crippen MR) is 182 cm³/mol. The van der Waals surface area contributed by atoms with Crippen molar-refractivity contribution >= 4 is 6.09 Å². The molecule has 0 radical (unpaired) electrons. The Hall–Kier alpha value is -1.15. The normalized spacial score (nSPS) is 39.3. The number of amides is 1. The number of fused-ring (bicyclic) bond motifs is 5. The van der Waals surface area contributed by atoms with Crippen molar-refractivity contribution < 1.29 is 29.2 Å². The van der Waals surface area contributed by atoms with Crippen molar-refractivity contribution in [3.63, 3.8) is 0 Å². The average Bonchev–Trinajstić information content (AvgIpc) is 3.56. The summed E-state index contributed by atoms with van der Waals surface area (Å²) in [5.41, 5.74) is 2.37. The summed E-state index contributed by atoms with van der Waals surface area (Å²) in [5.74, 6) is 5.06. The first-order chi connectivity index (χ1) is 22.0. The van der Waals surface area contributed by atoms with Crippen molar-refractivity contribution in [2.45, 2.75) is 162 Å². The highest BCUT2D eigenvalue weighted by molar-refractivity contribution is 5.67. The van der Waals surface area contributed by atoms with Crippen LogP contribution in [-0.4, -0.2) is 60.7 Å². The molecule has 1 amide bonds. The van der Waals surface area contributed by atoms with E-state index in [1.54, 1.807) is 5.57 Å². The molecule has 0 aromatic rings. The number of aliphatic hydroxyl groups excluding tert-OH is 2. The molecule has 5 rings (SSSR count). The summed E-state index contributed by atoms with van der Waals surface area (Å²) >= 11 is 0. The van der Waals surface area contributed by atoms with Crippen molar-refractivity contribution in [3.8, 4) is 0 Å². The van der Waals surface area contributed by atoms with Crippen molar-refractivity contribution in [3.05, 3.63) is 11.6 Å². The summed E-state index contributed by atoms with van der Waals surface area (Å²) in [6.07, 6.45) is 19.0. The van der Waals surface area contributed by atoms with E-state index in [1.807, 2.05) is 0 Å². The molecule has 4 aliphatic carbocycles. The van der Waals surface area contributed by atoms with Crippen molar-refractivity contribution in [2.24, 2.45) is 46.3 Å². The van der Waals surface area contributed by atoms with Crippen LogP contribution in [0.3, 0.4) is 0 Å². The third-order valence-corrected chi connectivity index (χ3v) is 13.5. The smallest absolute Gasteiger partial charge is 0.407 e. The van der Waals surface area contributed by atoms with Crippen LogP contribution in [0.25, 0.3) is 0 Å². The summed E-state index contributed by atoms with van der Waals surface area (Å²) in [6.45, 7) is 13.5. The summed E-state index contributed by atoms with van der Waals surface area (Å²) in [6, 6.07) is 0. The van der Waals surface area contributed by atoms with Gasteiger partial charge in [0.2, 0.25) is 0 Å². The minimum absolute atomic E-state index is 0.00816. The first kappa shape index (κ1) is 36.1. The maximum atomic E-state index is 12.7. The number of carbonyl (C=O) groups is 1. The van der Waals surface area contributed by atoms with E-state index in [9.17, 15) is 9.90 Å². The standard InChI is InChI=1S/C39H67NO6/c1-26(2)11-10-12-27(3)31-15-16-32-30-14-13-28-23-29(17-19-38(28,4)33(30)18-20-39(31,32)5)45-37(43)40-21-8-6-7-9-22-44-36-24-34(42)35(25-41)46-36/h13,26-27,29-36,41-42H,6-12,14-25H2,1-5H3,(H,40,43)/t27-,29+,30?,31-,32-,33-,34+,35-,36+,38+,39-/m1/s1. The van der Waals surface area contributed by atoms with E-state index in [0.29, 0.717) is 25.0 Å². The quantitative estimate of drug-likeness (QED) is 0.123. The molecule has 1 saturated heterocycles. The van der Waals surface area contributed by atoms with E-state index in [1.165, 1.54) is 51.4 Å². The first-order valence-corrected chi connectivity index (χ1v) is 19.2. The Balaban J connectivity index is 1.01. The zero-order valence-electron chi connectivity index (χ0n) is 29.8. The van der Waals surface area contributed by atoms with E-state index in [2.05, 4.69) is 46.0 Å². The van der Waals surface area contributed by atoms with Gasteiger partial charge in [0.05, 0.1) is 12.7 Å². The fourth-order valence-electron chi connectivity index (χ4n) is 10.9. The van der Waals surface area contributed by atoms with Gasteiger partial charge in [-0.1, -0.05) is 78.4 Å². The molecule has 7 heteroatoms. The van der Waals surface area contributed by atoms with Gasteiger partial charge in [-0.15, -0.1) is 0 Å². The lowest BCUT2D eigenvalue weighted by Gasteiger charge is -2.58. The highest BCUT2D eigenvalue weighted by Gasteiger charge is 2.59. The van der Waals surface area contributed by atoms with E-state index in [-0.39, 0.29) is 24.2 Å². The molecule has 11 atom stereocenters. The molecule has 0 aromatic carbocycles. The lowest BCUT2D eigenvalue weighted by molar-refractivity contribution is -0.143. The number of allylic oxidation sites excluding steroid dienone is 1. The number of unbranched alkanes of at least 4 members (excludes halogenated alkanes) is 3. The lowest BCUT2D eigenvalue weighted by Crippen LogP contribution is -2.51. The largest absolute Gasteiger partial charge is 0.446 e. The molecule has 0 aromatic heterocycles. The molecule has 46 heavy (non-hydrogen) atoms. The molecule has 5 aliphatic rings. The van der Waals surface area contributed by atoms with E-state index in [0.717, 1.165) is 80.5 Å². The molecule has 1 heterocycles. The Morgan fingerprint density at radius 3 is 2.59 bits per heavy atom. The number of hydrogen-bond donors (Lipinski definition) is 3. The summed E-state index contributed by atoms with van der Waals surface area (Å²) in [4.78, 5) is 12.7. The number of ether oxygens (including phenoxy) is 3. The van der Waals surface area contributed by atoms with Crippen molar-refractivity contribution in [1.29, 1.82) is 0 Å². The van der Waals surface area contributed by atoms with Gasteiger partial charge in [-0.2, -0.15) is 0 Å². The van der Waals surface area contributed by atoms with Crippen LogP contribution in [0.5, 0.6) is 0 Å². The third-order valence-electron chi connectivity index (χ3n) is 13.5. The van der Waals surface area contributed by atoms with Crippen molar-refractivity contribution in [2.75, 3.05) is 19.8 Å². The molecule has 0 spiro atoms. The highest BCUT2D eigenvalue weighted by Crippen LogP contribution is 2.67. The van der Waals surface area contributed by atoms with Crippen LogP contribution in [-0.2, 0) is 14.2 Å². The lowest BCUT2D eigenvalue weighted by atomic mass is 9.47. The Morgan fingerprint density at radius 1 is 1.02 bits per heavy atom. The molecular formula is C39H67NO6. The van der Waals surface area contributed by atoms with Crippen LogP contribution in [0.1, 0.15) is 137 Å². The van der Waals surface area contributed by atoms with Crippen LogP contribution < -0.4 is 5.32 Å². The zero-order chi connectivity index (χ0) is 32.9. The van der Waals surface area contributed by atoms with Gasteiger partial charge in [0, 0.05) is 26.0 Å². The van der Waals surface area contributed by atoms with Gasteiger partial charge in [-0.25, -0.2) is 4.79 Å². The topological polar surface area (TPSA) is 97.3 Å². The van der Waals surface area contributed by atoms with Gasteiger partial charge >= 0.3 is 6.09 Å². The van der Waals surface area contributed by atoms with Crippen LogP contribution in [0.15, 0.2) is 11.6 Å². The Labute approximate surface area is 280 Å². The average molecular weight is 646 g/mol. The molecule has 264 valence electrons. The molecule has 4 fully saturated rings. The summed E-state index contributed by atoms with van der Waals surface area (Å²) < 4.78 is 17.1. The number of nitrogens with one attached hydrogen (secondary N) is 1. The number of aliphatic hydroxyl groups is 2. The van der Waals surface area contributed by atoms with Crippen LogP contribution in [0.4, 0.5) is 4.79 Å². The van der Waals surface area contributed by atoms with Gasteiger partial charge < -0.3 is 29.7 Å². The first-order valence-electron chi connectivity index (χ1n) is 19.2. The second-order valence-corrected chi connectivity index (χ2v) is 16.9. The van der Waals surface area contributed by atoms with E-state index in [4.69, 9.17) is 19.3 Å². The van der Waals surface area contributed by atoms with Crippen LogP contribution in [0, 0.1) is 46.3 Å². The summed E-state index contributed by atoms with van der Waals surface area (Å²) in [7, 11) is 0. The number of carbonyl (C=O) groups excluding carboxylic acids is 1. The fourth-order valence-corrected chi connectivity index (χ4v) is 10.9. The predicted octanol–water partition coefficient (Wildman–Crippen LogP) is 8.17. The van der Waals surface area contributed by atoms with Crippen molar-refractivity contribution in [1.82, 2.24) is 5.32 Å². The van der Waals surface area contributed by atoms with Crippen LogP contribution in [0.2, 0.25) is 0 Å². The number of rotatable bonds is 15. The molecule has 0 bridgehead atoms. The maximum Gasteiger partial charge on any atom is 0.407 e. The van der Waals surface area contributed by atoms with E-state index < -0.39 is 18.5 Å². The van der Waals surface area contributed by atoms with Crippen LogP contribution >= 0.6 is 0 Å². The number of alkyl carbamates (subject to hydrolysis) is 1.